The fourth-order valence-corrected chi connectivity index (χ4v) is 2.34. The summed E-state index contributed by atoms with van der Waals surface area (Å²) in [6.45, 7) is 0. The van der Waals surface area contributed by atoms with Crippen molar-refractivity contribution in [2.75, 3.05) is 21.3 Å². The summed E-state index contributed by atoms with van der Waals surface area (Å²) < 4.78 is 15.7. The van der Waals surface area contributed by atoms with Crippen molar-refractivity contribution in [3.8, 4) is 17.2 Å². The zero-order valence-electron chi connectivity index (χ0n) is 13.8. The zero-order valence-corrected chi connectivity index (χ0v) is 15.3. The summed E-state index contributed by atoms with van der Waals surface area (Å²) >= 11 is 11.8. The van der Waals surface area contributed by atoms with Gasteiger partial charge in [-0.25, -0.2) is 5.43 Å². The fraction of sp³-hybridized carbons (Fsp3) is 0.176. The van der Waals surface area contributed by atoms with Crippen molar-refractivity contribution in [2.45, 2.75) is 0 Å². The monoisotopic (exact) mass is 382 g/mol. The molecule has 0 aliphatic carbocycles. The van der Waals surface area contributed by atoms with E-state index in [9.17, 15) is 4.79 Å². The van der Waals surface area contributed by atoms with E-state index in [-0.39, 0.29) is 0 Å². The first-order valence-corrected chi connectivity index (χ1v) is 7.84. The van der Waals surface area contributed by atoms with Crippen LogP contribution in [0.4, 0.5) is 0 Å². The molecule has 6 nitrogen and oxygen atoms in total. The average molecular weight is 383 g/mol. The summed E-state index contributed by atoms with van der Waals surface area (Å²) in [5.74, 6) is 0.720. The molecule has 0 aliphatic heterocycles. The molecule has 0 aliphatic rings. The van der Waals surface area contributed by atoms with Gasteiger partial charge in [0.25, 0.3) is 5.91 Å². The lowest BCUT2D eigenvalue weighted by Gasteiger charge is -2.13. The third-order valence-electron chi connectivity index (χ3n) is 3.25. The van der Waals surface area contributed by atoms with Crippen molar-refractivity contribution >= 4 is 35.3 Å². The highest BCUT2D eigenvalue weighted by Crippen LogP contribution is 2.38. The highest BCUT2D eigenvalue weighted by Gasteiger charge is 2.16. The quantitative estimate of drug-likeness (QED) is 0.609. The number of methoxy groups -OCH3 is 3. The van der Waals surface area contributed by atoms with Crippen LogP contribution in [0.2, 0.25) is 10.0 Å². The van der Waals surface area contributed by atoms with E-state index in [1.54, 1.807) is 18.2 Å². The van der Waals surface area contributed by atoms with Crippen LogP contribution in [0.3, 0.4) is 0 Å². The van der Waals surface area contributed by atoms with E-state index in [0.717, 1.165) is 0 Å². The van der Waals surface area contributed by atoms with Gasteiger partial charge in [-0.05, 0) is 29.8 Å². The first-order chi connectivity index (χ1) is 12.0. The fourth-order valence-electron chi connectivity index (χ4n) is 2.03. The van der Waals surface area contributed by atoms with E-state index in [1.165, 1.54) is 39.7 Å². The molecule has 132 valence electrons. The number of nitrogens with zero attached hydrogens (tertiary/aromatic N) is 1. The van der Waals surface area contributed by atoms with Crippen LogP contribution in [0, 0.1) is 0 Å². The van der Waals surface area contributed by atoms with Crippen LogP contribution in [-0.4, -0.2) is 33.5 Å². The minimum Gasteiger partial charge on any atom is -0.493 e. The Morgan fingerprint density at radius 3 is 2.16 bits per heavy atom. The number of amides is 1. The molecule has 0 atom stereocenters. The van der Waals surface area contributed by atoms with E-state index >= 15 is 0 Å². The number of benzene rings is 2. The molecule has 1 N–H and O–H groups in total. The number of hydrogen-bond donors (Lipinski definition) is 1. The number of hydrazone groups is 1. The summed E-state index contributed by atoms with van der Waals surface area (Å²) in [4.78, 5) is 12.3. The molecular weight excluding hydrogens is 367 g/mol. The Kier molecular flexibility index (Phi) is 6.50. The van der Waals surface area contributed by atoms with Gasteiger partial charge in [0.15, 0.2) is 11.5 Å². The molecule has 2 rings (SSSR count). The van der Waals surface area contributed by atoms with E-state index in [1.807, 2.05) is 0 Å². The van der Waals surface area contributed by atoms with Crippen molar-refractivity contribution in [1.29, 1.82) is 0 Å². The zero-order chi connectivity index (χ0) is 18.4. The molecule has 0 fully saturated rings. The second-order valence-electron chi connectivity index (χ2n) is 4.79. The molecule has 0 unspecified atom stereocenters. The van der Waals surface area contributed by atoms with Gasteiger partial charge >= 0.3 is 0 Å². The van der Waals surface area contributed by atoms with E-state index in [2.05, 4.69) is 10.5 Å². The lowest BCUT2D eigenvalue weighted by Crippen LogP contribution is -2.18. The minimum atomic E-state index is -0.435. The van der Waals surface area contributed by atoms with E-state index in [4.69, 9.17) is 37.4 Å². The smallest absolute Gasteiger partial charge is 0.271 e. The van der Waals surface area contributed by atoms with Gasteiger partial charge in [0.2, 0.25) is 5.75 Å². The maximum absolute atomic E-state index is 12.3. The van der Waals surface area contributed by atoms with Crippen molar-refractivity contribution in [3.63, 3.8) is 0 Å². The average Bonchev–Trinajstić information content (AvgIpc) is 2.63. The van der Waals surface area contributed by atoms with Crippen molar-refractivity contribution in [1.82, 2.24) is 5.43 Å². The molecule has 0 heterocycles. The molecule has 0 aromatic heterocycles. The topological polar surface area (TPSA) is 69.2 Å². The Balaban J connectivity index is 2.17. The van der Waals surface area contributed by atoms with Gasteiger partial charge in [-0.1, -0.05) is 29.3 Å². The Morgan fingerprint density at radius 1 is 1.00 bits per heavy atom. The molecule has 2 aromatic rings. The predicted molar refractivity (Wildman–Crippen MR) is 97.6 cm³/mol. The number of carbonyl (C=O) groups is 1. The van der Waals surface area contributed by atoms with Gasteiger partial charge in [0.1, 0.15) is 0 Å². The molecule has 0 saturated heterocycles. The summed E-state index contributed by atoms with van der Waals surface area (Å²) in [5, 5.41) is 4.75. The van der Waals surface area contributed by atoms with Crippen molar-refractivity contribution in [3.05, 3.63) is 51.5 Å². The minimum absolute atomic E-state index is 0.306. The summed E-state index contributed by atoms with van der Waals surface area (Å²) in [6.07, 6.45) is 1.46. The van der Waals surface area contributed by atoms with E-state index < -0.39 is 5.91 Å². The van der Waals surface area contributed by atoms with Crippen LogP contribution in [0.25, 0.3) is 0 Å². The summed E-state index contributed by atoms with van der Waals surface area (Å²) in [6, 6.07) is 8.07. The SMILES string of the molecule is COc1cc(C(=O)N/N=C/c2ccc(Cl)c(Cl)c2)cc(OC)c1OC. The van der Waals surface area contributed by atoms with Crippen molar-refractivity contribution in [2.24, 2.45) is 5.10 Å². The summed E-state index contributed by atoms with van der Waals surface area (Å²) in [7, 11) is 4.43. The Labute approximate surface area is 155 Å². The van der Waals surface area contributed by atoms with Gasteiger partial charge in [-0.3, -0.25) is 4.79 Å². The Morgan fingerprint density at radius 2 is 1.64 bits per heavy atom. The largest absolute Gasteiger partial charge is 0.493 e. The molecule has 0 saturated carbocycles. The van der Waals surface area contributed by atoms with Crippen LogP contribution >= 0.6 is 23.2 Å². The molecule has 0 radical (unpaired) electrons. The second-order valence-corrected chi connectivity index (χ2v) is 5.60. The number of halogens is 2. The molecule has 0 bridgehead atoms. The molecule has 8 heteroatoms. The molecule has 1 amide bonds. The standard InChI is InChI=1S/C17H16Cl2N2O4/c1-23-14-7-11(8-15(24-2)16(14)25-3)17(22)21-20-9-10-4-5-12(18)13(19)6-10/h4-9H,1-3H3,(H,21,22)/b20-9+. The Bertz CT molecular complexity index is 784. The van der Waals surface area contributed by atoms with Gasteiger partial charge in [-0.2, -0.15) is 5.10 Å². The Hall–Kier alpha value is -2.44. The van der Waals surface area contributed by atoms with Gasteiger partial charge in [-0.15, -0.1) is 0 Å². The van der Waals surface area contributed by atoms with Crippen LogP contribution in [0.5, 0.6) is 17.2 Å². The predicted octanol–water partition coefficient (Wildman–Crippen LogP) is 3.78. The second kappa shape index (κ2) is 8.60. The van der Waals surface area contributed by atoms with Crippen LogP contribution < -0.4 is 19.6 Å². The number of rotatable bonds is 6. The first kappa shape index (κ1) is 18.9. The lowest BCUT2D eigenvalue weighted by atomic mass is 10.1. The lowest BCUT2D eigenvalue weighted by molar-refractivity contribution is 0.0954. The first-order valence-electron chi connectivity index (χ1n) is 7.08. The van der Waals surface area contributed by atoms with Crippen LogP contribution in [0.15, 0.2) is 35.4 Å². The molecular formula is C17H16Cl2N2O4. The normalized spacial score (nSPS) is 10.6. The maximum atomic E-state index is 12.3. The highest BCUT2D eigenvalue weighted by atomic mass is 35.5. The third kappa shape index (κ3) is 4.55. The summed E-state index contributed by atoms with van der Waals surface area (Å²) in [5.41, 5.74) is 3.42. The number of nitrogens with one attached hydrogen (secondary N) is 1. The number of ether oxygens (including phenoxy) is 3. The van der Waals surface area contributed by atoms with Gasteiger partial charge in [0, 0.05) is 5.56 Å². The number of hydrogen-bond acceptors (Lipinski definition) is 5. The van der Waals surface area contributed by atoms with Crippen LogP contribution in [-0.2, 0) is 0 Å². The third-order valence-corrected chi connectivity index (χ3v) is 3.99. The van der Waals surface area contributed by atoms with Crippen molar-refractivity contribution < 1.29 is 19.0 Å². The molecule has 25 heavy (non-hydrogen) atoms. The van der Waals surface area contributed by atoms with E-state index in [0.29, 0.717) is 38.4 Å². The van der Waals surface area contributed by atoms with Gasteiger partial charge in [0.05, 0.1) is 37.6 Å². The molecule has 0 spiro atoms. The molecule has 2 aromatic carbocycles. The van der Waals surface area contributed by atoms with Crippen LogP contribution in [0.1, 0.15) is 15.9 Å². The number of carbonyl (C=O) groups excluding carboxylic acids is 1. The maximum Gasteiger partial charge on any atom is 0.271 e. The highest BCUT2D eigenvalue weighted by molar-refractivity contribution is 6.42. The van der Waals surface area contributed by atoms with Gasteiger partial charge < -0.3 is 14.2 Å².